The lowest BCUT2D eigenvalue weighted by Gasteiger charge is -2.38. The van der Waals surface area contributed by atoms with Crippen molar-refractivity contribution in [3.8, 4) is 0 Å². The summed E-state index contributed by atoms with van der Waals surface area (Å²) in [6.45, 7) is 13.5. The molecule has 0 rings (SSSR count). The van der Waals surface area contributed by atoms with Crippen molar-refractivity contribution in [2.75, 3.05) is 40.4 Å². The number of hydrogen-bond acceptors (Lipinski definition) is 4. The van der Waals surface area contributed by atoms with Crippen molar-refractivity contribution in [3.63, 3.8) is 0 Å². The maximum absolute atomic E-state index is 5.32. The highest BCUT2D eigenvalue weighted by Crippen LogP contribution is 2.13. The van der Waals surface area contributed by atoms with Gasteiger partial charge < -0.3 is 9.47 Å². The van der Waals surface area contributed by atoms with Gasteiger partial charge in [-0.15, -0.1) is 0 Å². The smallest absolute Gasteiger partial charge is 0.134 e. The van der Waals surface area contributed by atoms with Gasteiger partial charge in [0.05, 0.1) is 15.7 Å². The summed E-state index contributed by atoms with van der Waals surface area (Å²) in [4.78, 5) is 5.13. The molecule has 0 unspecified atom stereocenters. The maximum Gasteiger partial charge on any atom is 0.134 e. The molecule has 5 heteroatoms. The SMILES string of the molecule is CCN(CC)C(CC[SiH2]C(OC)OC)N(CC)CC. The zero-order valence-corrected chi connectivity index (χ0v) is 15.2. The number of rotatable bonds is 12. The minimum Gasteiger partial charge on any atom is -0.360 e. The first-order chi connectivity index (χ1) is 9.18. The maximum atomic E-state index is 5.32. The fourth-order valence-electron chi connectivity index (χ4n) is 2.69. The van der Waals surface area contributed by atoms with Gasteiger partial charge in [0.1, 0.15) is 5.91 Å². The molecule has 19 heavy (non-hydrogen) atoms. The molecule has 0 fully saturated rings. The van der Waals surface area contributed by atoms with E-state index in [1.54, 1.807) is 14.2 Å². The van der Waals surface area contributed by atoms with Crippen LogP contribution in [0.2, 0.25) is 6.04 Å². The molecular formula is C14H34N2O2Si. The van der Waals surface area contributed by atoms with Gasteiger partial charge in [-0.1, -0.05) is 33.7 Å². The molecule has 116 valence electrons. The van der Waals surface area contributed by atoms with Crippen molar-refractivity contribution in [2.24, 2.45) is 0 Å². The van der Waals surface area contributed by atoms with Gasteiger partial charge in [-0.05, 0) is 32.6 Å². The Morgan fingerprint density at radius 1 is 0.842 bits per heavy atom. The summed E-state index contributed by atoms with van der Waals surface area (Å²) in [5.74, 6) is 0.0778. The second kappa shape index (κ2) is 11.8. The highest BCUT2D eigenvalue weighted by molar-refractivity contribution is 6.36. The lowest BCUT2D eigenvalue weighted by Crippen LogP contribution is -2.48. The zero-order chi connectivity index (χ0) is 14.7. The van der Waals surface area contributed by atoms with E-state index in [0.717, 1.165) is 26.2 Å². The normalized spacial score (nSPS) is 12.9. The predicted octanol–water partition coefficient (Wildman–Crippen LogP) is 1.55. The summed E-state index contributed by atoms with van der Waals surface area (Å²) < 4.78 is 10.6. The van der Waals surface area contributed by atoms with Gasteiger partial charge in [0.25, 0.3) is 0 Å². The van der Waals surface area contributed by atoms with Crippen LogP contribution in [0.5, 0.6) is 0 Å². The first kappa shape index (κ1) is 19.1. The van der Waals surface area contributed by atoms with Gasteiger partial charge in [0.15, 0.2) is 0 Å². The molecule has 0 N–H and O–H groups in total. The van der Waals surface area contributed by atoms with E-state index in [1.165, 1.54) is 12.5 Å². The molecule has 0 aromatic rings. The number of hydrogen-bond donors (Lipinski definition) is 0. The molecular weight excluding hydrogens is 256 g/mol. The van der Waals surface area contributed by atoms with Crippen LogP contribution in [0.4, 0.5) is 0 Å². The van der Waals surface area contributed by atoms with Crippen LogP contribution in [0.1, 0.15) is 34.1 Å². The fourth-order valence-corrected chi connectivity index (χ4v) is 4.09. The van der Waals surface area contributed by atoms with Crippen LogP contribution in [0.15, 0.2) is 0 Å². The fraction of sp³-hybridized carbons (Fsp3) is 1.00. The number of methoxy groups -OCH3 is 2. The van der Waals surface area contributed by atoms with Crippen LogP contribution in [-0.4, -0.2) is 71.8 Å². The molecule has 0 atom stereocenters. The molecule has 0 aliphatic rings. The second-order valence-corrected chi connectivity index (χ2v) is 6.71. The molecule has 0 aliphatic heterocycles. The molecule has 0 aliphatic carbocycles. The van der Waals surface area contributed by atoms with Crippen LogP contribution in [0, 0.1) is 0 Å². The first-order valence-electron chi connectivity index (χ1n) is 7.71. The molecule has 4 nitrogen and oxygen atoms in total. The van der Waals surface area contributed by atoms with Crippen LogP contribution < -0.4 is 0 Å². The molecule has 0 radical (unpaired) electrons. The van der Waals surface area contributed by atoms with E-state index < -0.39 is 0 Å². The van der Waals surface area contributed by atoms with Gasteiger partial charge >= 0.3 is 0 Å². The van der Waals surface area contributed by atoms with E-state index >= 15 is 0 Å². The minimum atomic E-state index is -0.310. The topological polar surface area (TPSA) is 24.9 Å². The number of nitrogens with zero attached hydrogens (tertiary/aromatic N) is 2. The number of ether oxygens (including phenoxy) is 2. The summed E-state index contributed by atoms with van der Waals surface area (Å²) in [7, 11) is 3.18. The van der Waals surface area contributed by atoms with Crippen LogP contribution >= 0.6 is 0 Å². The molecule has 0 amide bonds. The Morgan fingerprint density at radius 3 is 1.58 bits per heavy atom. The van der Waals surface area contributed by atoms with Gasteiger partial charge in [-0.2, -0.15) is 0 Å². The van der Waals surface area contributed by atoms with E-state index in [-0.39, 0.29) is 15.4 Å². The van der Waals surface area contributed by atoms with Crippen molar-refractivity contribution < 1.29 is 9.47 Å². The Hall–Kier alpha value is 0.0569. The van der Waals surface area contributed by atoms with Crippen molar-refractivity contribution in [1.29, 1.82) is 0 Å². The van der Waals surface area contributed by atoms with E-state index in [2.05, 4.69) is 37.5 Å². The van der Waals surface area contributed by atoms with E-state index in [0.29, 0.717) is 6.17 Å². The quantitative estimate of drug-likeness (QED) is 0.402. The lowest BCUT2D eigenvalue weighted by atomic mass is 10.2. The van der Waals surface area contributed by atoms with E-state index in [1.807, 2.05) is 0 Å². The largest absolute Gasteiger partial charge is 0.360 e. The van der Waals surface area contributed by atoms with Crippen molar-refractivity contribution in [2.45, 2.75) is 52.2 Å². The summed E-state index contributed by atoms with van der Waals surface area (Å²) in [6.07, 6.45) is 1.81. The predicted molar refractivity (Wildman–Crippen MR) is 85.4 cm³/mol. The third-order valence-corrected chi connectivity index (χ3v) is 5.85. The Kier molecular flexibility index (Phi) is 11.9. The van der Waals surface area contributed by atoms with Crippen molar-refractivity contribution >= 4 is 9.52 Å². The summed E-state index contributed by atoms with van der Waals surface area (Å²) >= 11 is 0. The van der Waals surface area contributed by atoms with Gasteiger partial charge in [0.2, 0.25) is 0 Å². The molecule has 0 aromatic heterocycles. The third-order valence-electron chi connectivity index (χ3n) is 3.90. The van der Waals surface area contributed by atoms with Gasteiger partial charge in [0, 0.05) is 14.2 Å². The third kappa shape index (κ3) is 6.86. The Labute approximate surface area is 122 Å². The highest BCUT2D eigenvalue weighted by Gasteiger charge is 2.21. The second-order valence-electron chi connectivity index (χ2n) is 4.75. The molecule has 0 spiro atoms. The van der Waals surface area contributed by atoms with Gasteiger partial charge in [-0.25, -0.2) is 0 Å². The summed E-state index contributed by atoms with van der Waals surface area (Å²) in [5.41, 5.74) is 0. The Bertz CT molecular complexity index is 184. The molecule has 0 heterocycles. The average Bonchev–Trinajstić information content (AvgIpc) is 2.45. The average molecular weight is 291 g/mol. The minimum absolute atomic E-state index is 0.0778. The molecule has 0 bridgehead atoms. The van der Waals surface area contributed by atoms with Crippen LogP contribution in [0.25, 0.3) is 0 Å². The van der Waals surface area contributed by atoms with Gasteiger partial charge in [-0.3, -0.25) is 9.80 Å². The molecule has 0 saturated heterocycles. The molecule has 0 saturated carbocycles. The van der Waals surface area contributed by atoms with E-state index in [4.69, 9.17) is 9.47 Å². The first-order valence-corrected chi connectivity index (χ1v) is 9.53. The van der Waals surface area contributed by atoms with Crippen molar-refractivity contribution in [1.82, 2.24) is 9.80 Å². The lowest BCUT2D eigenvalue weighted by molar-refractivity contribution is -0.0444. The Balaban J connectivity index is 4.41. The van der Waals surface area contributed by atoms with Crippen LogP contribution in [0.3, 0.4) is 0 Å². The summed E-state index contributed by atoms with van der Waals surface area (Å²) in [5, 5.41) is 0. The van der Waals surface area contributed by atoms with E-state index in [9.17, 15) is 0 Å². The monoisotopic (exact) mass is 290 g/mol. The van der Waals surface area contributed by atoms with Crippen molar-refractivity contribution in [3.05, 3.63) is 0 Å². The Morgan fingerprint density at radius 2 is 1.26 bits per heavy atom. The summed E-state index contributed by atoms with van der Waals surface area (Å²) in [6, 6.07) is 1.27. The highest BCUT2D eigenvalue weighted by atomic mass is 28.2. The molecule has 0 aromatic carbocycles. The standard InChI is InChI=1S/C14H34N2O2Si/c1-7-15(8-2)13(16(9-3)10-4)11-12-19-14(17-5)18-6/h13-14H,7-12,19H2,1-6H3. The van der Waals surface area contributed by atoms with Crippen LogP contribution in [-0.2, 0) is 9.47 Å². The zero-order valence-electron chi connectivity index (χ0n) is 13.8.